The summed E-state index contributed by atoms with van der Waals surface area (Å²) in [4.78, 5) is 11.4. The van der Waals surface area contributed by atoms with E-state index in [0.717, 1.165) is 12.8 Å². The molecule has 2 aromatic heterocycles. The minimum Gasteiger partial charge on any atom is -0.365 e. The molecule has 26 heavy (non-hydrogen) atoms. The highest BCUT2D eigenvalue weighted by molar-refractivity contribution is 5.83. The molecule has 1 saturated carbocycles. The maximum atomic E-state index is 13.8. The van der Waals surface area contributed by atoms with Crippen molar-refractivity contribution in [3.05, 3.63) is 47.8 Å². The van der Waals surface area contributed by atoms with Crippen molar-refractivity contribution >= 4 is 17.0 Å². The van der Waals surface area contributed by atoms with E-state index in [2.05, 4.69) is 20.3 Å². The zero-order valence-electron chi connectivity index (χ0n) is 13.6. The van der Waals surface area contributed by atoms with E-state index in [1.165, 1.54) is 17.0 Å². The lowest BCUT2D eigenvalue weighted by atomic mass is 10.1. The molecule has 1 aliphatic rings. The predicted molar refractivity (Wildman–Crippen MR) is 87.1 cm³/mol. The molecule has 0 bridgehead atoms. The molecule has 1 aliphatic carbocycles. The third-order valence-electron chi connectivity index (χ3n) is 4.22. The van der Waals surface area contributed by atoms with Gasteiger partial charge in [0.1, 0.15) is 11.3 Å². The van der Waals surface area contributed by atoms with Crippen LogP contribution in [0.15, 0.2) is 30.6 Å². The van der Waals surface area contributed by atoms with Crippen LogP contribution in [-0.2, 0) is 19.1 Å². The van der Waals surface area contributed by atoms with Crippen molar-refractivity contribution in [3.63, 3.8) is 0 Å². The van der Waals surface area contributed by atoms with E-state index >= 15 is 0 Å². The van der Waals surface area contributed by atoms with E-state index in [1.807, 2.05) is 0 Å². The topological polar surface area (TPSA) is 55.6 Å². The number of hydrogen-bond acceptors (Lipinski definition) is 4. The molecule has 0 atom stereocenters. The lowest BCUT2D eigenvalue weighted by molar-refractivity contribution is -0.144. The summed E-state index contributed by atoms with van der Waals surface area (Å²) in [5, 5.41) is 2.98. The van der Waals surface area contributed by atoms with Gasteiger partial charge in [0.25, 0.3) is 0 Å². The molecule has 0 spiro atoms. The average Bonchev–Trinajstić information content (AvgIpc) is 3.31. The third-order valence-corrected chi connectivity index (χ3v) is 4.22. The monoisotopic (exact) mass is 365 g/mol. The Morgan fingerprint density at radius 3 is 2.62 bits per heavy atom. The lowest BCUT2D eigenvalue weighted by Gasteiger charge is -2.11. The second-order valence-corrected chi connectivity index (χ2v) is 6.26. The van der Waals surface area contributed by atoms with Crippen molar-refractivity contribution in [2.75, 3.05) is 5.32 Å². The van der Waals surface area contributed by atoms with Gasteiger partial charge in [-0.15, -0.1) is 0 Å². The molecule has 1 N–H and O–H groups in total. The van der Waals surface area contributed by atoms with Crippen molar-refractivity contribution in [3.8, 4) is 0 Å². The number of nitrogens with one attached hydrogen (secondary N) is 1. The van der Waals surface area contributed by atoms with Crippen LogP contribution in [0.5, 0.6) is 0 Å². The Morgan fingerprint density at radius 1 is 1.15 bits per heavy atom. The molecule has 4 rings (SSSR count). The van der Waals surface area contributed by atoms with E-state index in [4.69, 9.17) is 0 Å². The van der Waals surface area contributed by atoms with Crippen LogP contribution in [0.3, 0.4) is 0 Å². The number of anilines is 1. The number of alkyl halides is 3. The first-order valence-corrected chi connectivity index (χ1v) is 8.22. The Balaban J connectivity index is 1.70. The molecule has 0 radical (unpaired) electrons. The van der Waals surface area contributed by atoms with E-state index in [0.29, 0.717) is 17.5 Å². The SMILES string of the molecule is Fc1ccccc1CCn1cnc2c(NC3CC3)nc(C(F)(F)F)nc21. The predicted octanol–water partition coefficient (Wildman–Crippen LogP) is 3.80. The van der Waals surface area contributed by atoms with Gasteiger partial charge >= 0.3 is 6.18 Å². The molecular weight excluding hydrogens is 350 g/mol. The van der Waals surface area contributed by atoms with Crippen LogP contribution < -0.4 is 5.32 Å². The van der Waals surface area contributed by atoms with Crippen LogP contribution in [0, 0.1) is 5.82 Å². The Hall–Kier alpha value is -2.71. The summed E-state index contributed by atoms with van der Waals surface area (Å²) in [5.41, 5.74) is 0.862. The summed E-state index contributed by atoms with van der Waals surface area (Å²) >= 11 is 0. The third kappa shape index (κ3) is 3.33. The van der Waals surface area contributed by atoms with Gasteiger partial charge in [-0.3, -0.25) is 0 Å². The Labute approximate surface area is 146 Å². The molecule has 5 nitrogen and oxygen atoms in total. The average molecular weight is 365 g/mol. The minimum absolute atomic E-state index is 0.0896. The van der Waals surface area contributed by atoms with E-state index in [9.17, 15) is 17.6 Å². The molecule has 0 saturated heterocycles. The Kier molecular flexibility index (Phi) is 4.01. The van der Waals surface area contributed by atoms with E-state index < -0.39 is 12.0 Å². The lowest BCUT2D eigenvalue weighted by Crippen LogP contribution is -2.15. The first-order chi connectivity index (χ1) is 12.4. The second kappa shape index (κ2) is 6.22. The molecule has 0 unspecified atom stereocenters. The number of aryl methyl sites for hydroxylation is 2. The summed E-state index contributed by atoms with van der Waals surface area (Å²) < 4.78 is 54.7. The van der Waals surface area contributed by atoms with Crippen LogP contribution in [-0.4, -0.2) is 25.6 Å². The van der Waals surface area contributed by atoms with Gasteiger partial charge in [-0.1, -0.05) is 18.2 Å². The molecule has 136 valence electrons. The smallest absolute Gasteiger partial charge is 0.365 e. The van der Waals surface area contributed by atoms with Gasteiger partial charge < -0.3 is 9.88 Å². The van der Waals surface area contributed by atoms with Gasteiger partial charge in [-0.25, -0.2) is 19.3 Å². The summed E-state index contributed by atoms with van der Waals surface area (Å²) in [7, 11) is 0. The standard InChI is InChI=1S/C17H15F4N5/c18-12-4-2-1-3-10(12)7-8-26-9-22-13-14(23-11-5-6-11)24-16(17(19,20)21)25-15(13)26/h1-4,9,11H,5-8H2,(H,23,24,25). The maximum Gasteiger partial charge on any atom is 0.451 e. The number of aromatic nitrogens is 4. The summed E-state index contributed by atoms with van der Waals surface area (Å²) in [6, 6.07) is 6.42. The zero-order valence-corrected chi connectivity index (χ0v) is 13.6. The zero-order chi connectivity index (χ0) is 18.3. The fourth-order valence-corrected chi connectivity index (χ4v) is 2.70. The fourth-order valence-electron chi connectivity index (χ4n) is 2.70. The highest BCUT2D eigenvalue weighted by Crippen LogP contribution is 2.32. The van der Waals surface area contributed by atoms with Crippen LogP contribution >= 0.6 is 0 Å². The molecule has 0 aliphatic heterocycles. The van der Waals surface area contributed by atoms with Crippen molar-refractivity contribution < 1.29 is 17.6 Å². The molecule has 2 heterocycles. The van der Waals surface area contributed by atoms with Gasteiger partial charge in [-0.05, 0) is 30.9 Å². The number of imidazole rings is 1. The largest absolute Gasteiger partial charge is 0.451 e. The Morgan fingerprint density at radius 2 is 1.92 bits per heavy atom. The number of nitrogens with zero attached hydrogens (tertiary/aromatic N) is 4. The summed E-state index contributed by atoms with van der Waals surface area (Å²) in [5.74, 6) is -1.46. The van der Waals surface area contributed by atoms with Crippen molar-refractivity contribution in [1.82, 2.24) is 19.5 Å². The first-order valence-electron chi connectivity index (χ1n) is 8.22. The Bertz CT molecular complexity index is 946. The normalized spacial score (nSPS) is 14.8. The number of fused-ring (bicyclic) bond motifs is 1. The van der Waals surface area contributed by atoms with Gasteiger partial charge in [0.15, 0.2) is 11.5 Å². The van der Waals surface area contributed by atoms with Crippen molar-refractivity contribution in [1.29, 1.82) is 0 Å². The van der Waals surface area contributed by atoms with E-state index in [1.54, 1.807) is 18.2 Å². The highest BCUT2D eigenvalue weighted by Gasteiger charge is 2.37. The number of halogens is 4. The maximum absolute atomic E-state index is 13.8. The molecule has 9 heteroatoms. The number of hydrogen-bond donors (Lipinski definition) is 1. The number of rotatable bonds is 5. The van der Waals surface area contributed by atoms with Gasteiger partial charge in [0, 0.05) is 12.6 Å². The molecule has 1 aromatic carbocycles. The first kappa shape index (κ1) is 16.7. The van der Waals surface area contributed by atoms with Gasteiger partial charge in [0.05, 0.1) is 6.33 Å². The molecule has 3 aromatic rings. The van der Waals surface area contributed by atoms with Crippen LogP contribution in [0.4, 0.5) is 23.4 Å². The van der Waals surface area contributed by atoms with Crippen LogP contribution in [0.2, 0.25) is 0 Å². The molecule has 0 amide bonds. The molecule has 1 fully saturated rings. The van der Waals surface area contributed by atoms with Crippen LogP contribution in [0.1, 0.15) is 24.2 Å². The highest BCUT2D eigenvalue weighted by atomic mass is 19.4. The summed E-state index contributed by atoms with van der Waals surface area (Å²) in [6.45, 7) is 0.259. The van der Waals surface area contributed by atoms with Gasteiger partial charge in [0.2, 0.25) is 5.82 Å². The fraction of sp³-hybridized carbons (Fsp3) is 0.353. The number of benzene rings is 1. The quantitative estimate of drug-likeness (QED) is 0.699. The van der Waals surface area contributed by atoms with Crippen LogP contribution in [0.25, 0.3) is 11.2 Å². The van der Waals surface area contributed by atoms with E-state index in [-0.39, 0.29) is 29.9 Å². The minimum atomic E-state index is -4.66. The van der Waals surface area contributed by atoms with Crippen molar-refractivity contribution in [2.45, 2.75) is 38.0 Å². The molecular formula is C17H15F4N5. The van der Waals surface area contributed by atoms with Gasteiger partial charge in [-0.2, -0.15) is 13.2 Å². The van der Waals surface area contributed by atoms with Crippen molar-refractivity contribution in [2.24, 2.45) is 0 Å². The second-order valence-electron chi connectivity index (χ2n) is 6.26. The summed E-state index contributed by atoms with van der Waals surface area (Å²) in [6.07, 6.45) is -1.15.